The maximum atomic E-state index is 12.2. The number of nitrogens with one attached hydrogen (secondary N) is 1. The molecule has 3 N–H and O–H groups in total. The minimum Gasteiger partial charge on any atom is -0.322 e. The van der Waals surface area contributed by atoms with E-state index in [1.807, 2.05) is 12.1 Å². The van der Waals surface area contributed by atoms with Crippen LogP contribution >= 0.6 is 38.5 Å². The molecule has 0 aromatic heterocycles. The summed E-state index contributed by atoms with van der Waals surface area (Å²) in [5.41, 5.74) is 1.02. The summed E-state index contributed by atoms with van der Waals surface area (Å²) in [7, 11) is -3.73. The number of hydrogen-bond acceptors (Lipinski definition) is 3. The molecule has 0 saturated heterocycles. The summed E-state index contributed by atoms with van der Waals surface area (Å²) in [6, 6.07) is 11.1. The van der Waals surface area contributed by atoms with Gasteiger partial charge in [-0.25, -0.2) is 13.6 Å². The second kappa shape index (κ2) is 6.42. The molecule has 1 amide bonds. The van der Waals surface area contributed by atoms with Gasteiger partial charge in [-0.1, -0.05) is 15.9 Å². The van der Waals surface area contributed by atoms with E-state index < -0.39 is 10.0 Å². The number of carbonyl (C=O) groups is 1. The third kappa shape index (κ3) is 4.25. The van der Waals surface area contributed by atoms with Crippen molar-refractivity contribution < 1.29 is 13.2 Å². The zero-order chi connectivity index (χ0) is 15.6. The molecule has 2 aromatic rings. The van der Waals surface area contributed by atoms with Crippen LogP contribution in [-0.4, -0.2) is 14.3 Å². The summed E-state index contributed by atoms with van der Waals surface area (Å²) < 4.78 is 23.9. The molecule has 2 aromatic carbocycles. The van der Waals surface area contributed by atoms with Crippen molar-refractivity contribution in [1.82, 2.24) is 0 Å². The molecule has 5 nitrogen and oxygen atoms in total. The number of carbonyl (C=O) groups excluding carboxylic acids is 1. The zero-order valence-corrected chi connectivity index (χ0v) is 15.1. The molecule has 0 bridgehead atoms. The third-order valence-corrected chi connectivity index (χ3v) is 4.98. The highest BCUT2D eigenvalue weighted by Gasteiger charge is 2.12. The first-order valence-electron chi connectivity index (χ1n) is 5.66. The van der Waals surface area contributed by atoms with E-state index in [0.717, 1.165) is 8.04 Å². The summed E-state index contributed by atoms with van der Waals surface area (Å²) in [5, 5.41) is 7.72. The van der Waals surface area contributed by atoms with Crippen molar-refractivity contribution in [3.05, 3.63) is 56.1 Å². The predicted molar refractivity (Wildman–Crippen MR) is 92.6 cm³/mol. The molecule has 0 saturated carbocycles. The molecule has 0 spiro atoms. The summed E-state index contributed by atoms with van der Waals surface area (Å²) in [6.07, 6.45) is 0. The van der Waals surface area contributed by atoms with Gasteiger partial charge in [0.15, 0.2) is 0 Å². The fourth-order valence-electron chi connectivity index (χ4n) is 1.60. The van der Waals surface area contributed by atoms with E-state index in [-0.39, 0.29) is 10.8 Å². The molecule has 2 rings (SSSR count). The van der Waals surface area contributed by atoms with Crippen molar-refractivity contribution in [3.63, 3.8) is 0 Å². The van der Waals surface area contributed by atoms with E-state index in [9.17, 15) is 13.2 Å². The summed E-state index contributed by atoms with van der Waals surface area (Å²) in [4.78, 5) is 12.2. The predicted octanol–water partition coefficient (Wildman–Crippen LogP) is 2.95. The first-order chi connectivity index (χ1) is 9.77. The lowest BCUT2D eigenvalue weighted by Gasteiger charge is -2.08. The van der Waals surface area contributed by atoms with Crippen LogP contribution in [0.4, 0.5) is 5.69 Å². The first-order valence-corrected chi connectivity index (χ1v) is 9.08. The number of sulfonamides is 1. The van der Waals surface area contributed by atoms with Crippen LogP contribution in [0.5, 0.6) is 0 Å². The number of hydrogen-bond donors (Lipinski definition) is 2. The van der Waals surface area contributed by atoms with E-state index in [1.165, 1.54) is 24.3 Å². The van der Waals surface area contributed by atoms with Gasteiger partial charge in [-0.2, -0.15) is 0 Å². The molecule has 0 aliphatic rings. The Morgan fingerprint density at radius 2 is 1.76 bits per heavy atom. The van der Waals surface area contributed by atoms with Crippen LogP contribution in [-0.2, 0) is 10.0 Å². The molecule has 21 heavy (non-hydrogen) atoms. The van der Waals surface area contributed by atoms with Crippen LogP contribution in [0.25, 0.3) is 0 Å². The Labute approximate surface area is 144 Å². The summed E-state index contributed by atoms with van der Waals surface area (Å²) in [5.74, 6) is -0.274. The monoisotopic (exact) mass is 480 g/mol. The van der Waals surface area contributed by atoms with E-state index >= 15 is 0 Å². The Morgan fingerprint density at radius 3 is 2.33 bits per heavy atom. The Morgan fingerprint density at radius 1 is 1.14 bits per heavy atom. The number of nitrogens with two attached hydrogens (primary N) is 1. The highest BCUT2D eigenvalue weighted by atomic mass is 127. The highest BCUT2D eigenvalue weighted by Crippen LogP contribution is 2.20. The van der Waals surface area contributed by atoms with Gasteiger partial charge in [0.1, 0.15) is 0 Å². The Bertz CT molecular complexity index is 792. The standard InChI is InChI=1S/C13H10BrIN2O3S/c14-8-1-6-12(15)11(7-8)13(18)17-9-2-4-10(5-3-9)21(16,19)20/h1-7H,(H,17,18)(H2,16,19,20). The SMILES string of the molecule is NS(=O)(=O)c1ccc(NC(=O)c2cc(Br)ccc2I)cc1. The number of amides is 1. The van der Waals surface area contributed by atoms with Gasteiger partial charge >= 0.3 is 0 Å². The van der Waals surface area contributed by atoms with Gasteiger partial charge in [0.25, 0.3) is 5.91 Å². The Kier molecular flexibility index (Phi) is 5.02. The quantitative estimate of drug-likeness (QED) is 0.662. The number of anilines is 1. The van der Waals surface area contributed by atoms with Crippen LogP contribution < -0.4 is 10.5 Å². The second-order valence-corrected chi connectivity index (χ2v) is 7.79. The van der Waals surface area contributed by atoms with E-state index in [4.69, 9.17) is 5.14 Å². The highest BCUT2D eigenvalue weighted by molar-refractivity contribution is 14.1. The van der Waals surface area contributed by atoms with Crippen LogP contribution in [0.3, 0.4) is 0 Å². The van der Waals surface area contributed by atoms with Gasteiger partial charge in [-0.05, 0) is 65.1 Å². The lowest BCUT2D eigenvalue weighted by Crippen LogP contribution is -2.14. The lowest BCUT2D eigenvalue weighted by molar-refractivity contribution is 0.102. The van der Waals surface area contributed by atoms with Crippen LogP contribution in [0.15, 0.2) is 51.8 Å². The van der Waals surface area contributed by atoms with Gasteiger partial charge < -0.3 is 5.32 Å². The van der Waals surface area contributed by atoms with Gasteiger partial charge in [-0.3, -0.25) is 4.79 Å². The van der Waals surface area contributed by atoms with Crippen molar-refractivity contribution in [1.29, 1.82) is 0 Å². The lowest BCUT2D eigenvalue weighted by atomic mass is 10.2. The number of halogens is 2. The maximum absolute atomic E-state index is 12.2. The third-order valence-electron chi connectivity index (χ3n) is 2.61. The molecule has 0 aliphatic heterocycles. The molecular formula is C13H10BrIN2O3S. The molecule has 110 valence electrons. The molecule has 0 heterocycles. The van der Waals surface area contributed by atoms with Crippen molar-refractivity contribution in [3.8, 4) is 0 Å². The van der Waals surface area contributed by atoms with E-state index in [2.05, 4.69) is 43.8 Å². The zero-order valence-electron chi connectivity index (χ0n) is 10.5. The molecule has 8 heteroatoms. The Balaban J connectivity index is 2.22. The minimum absolute atomic E-state index is 0.00228. The molecule has 0 aliphatic carbocycles. The van der Waals surface area contributed by atoms with Crippen molar-refractivity contribution in [2.75, 3.05) is 5.32 Å². The fraction of sp³-hybridized carbons (Fsp3) is 0. The largest absolute Gasteiger partial charge is 0.322 e. The average Bonchev–Trinajstić information content (AvgIpc) is 2.41. The molecule has 0 fully saturated rings. The molecular weight excluding hydrogens is 471 g/mol. The van der Waals surface area contributed by atoms with Gasteiger partial charge in [-0.15, -0.1) is 0 Å². The maximum Gasteiger partial charge on any atom is 0.256 e. The van der Waals surface area contributed by atoms with E-state index in [0.29, 0.717) is 11.3 Å². The normalized spacial score (nSPS) is 11.2. The summed E-state index contributed by atoms with van der Waals surface area (Å²) in [6.45, 7) is 0. The molecule has 0 radical (unpaired) electrons. The number of rotatable bonds is 3. The van der Waals surface area contributed by atoms with Crippen LogP contribution in [0, 0.1) is 3.57 Å². The van der Waals surface area contributed by atoms with Crippen LogP contribution in [0.1, 0.15) is 10.4 Å². The van der Waals surface area contributed by atoms with Gasteiger partial charge in [0, 0.05) is 13.7 Å². The minimum atomic E-state index is -3.73. The van der Waals surface area contributed by atoms with Crippen molar-refractivity contribution in [2.45, 2.75) is 4.90 Å². The molecule has 0 atom stereocenters. The van der Waals surface area contributed by atoms with Gasteiger partial charge in [0.05, 0.1) is 10.5 Å². The first kappa shape index (κ1) is 16.4. The van der Waals surface area contributed by atoms with Crippen molar-refractivity contribution in [2.24, 2.45) is 5.14 Å². The van der Waals surface area contributed by atoms with E-state index in [1.54, 1.807) is 6.07 Å². The Hall–Kier alpha value is -0.970. The number of benzene rings is 2. The number of primary sulfonamides is 1. The van der Waals surface area contributed by atoms with Gasteiger partial charge in [0.2, 0.25) is 10.0 Å². The second-order valence-electron chi connectivity index (χ2n) is 4.15. The topological polar surface area (TPSA) is 89.3 Å². The molecule has 0 unspecified atom stereocenters. The smallest absolute Gasteiger partial charge is 0.256 e. The average molecular weight is 481 g/mol. The van der Waals surface area contributed by atoms with Crippen molar-refractivity contribution >= 4 is 60.1 Å². The van der Waals surface area contributed by atoms with Crippen LogP contribution in [0.2, 0.25) is 0 Å². The summed E-state index contributed by atoms with van der Waals surface area (Å²) >= 11 is 5.39. The fourth-order valence-corrected chi connectivity index (χ4v) is 3.05.